The maximum Gasteiger partial charge on any atom is 0.229 e. The van der Waals surface area contributed by atoms with Crippen LogP contribution in [-0.4, -0.2) is 49.7 Å². The fourth-order valence-corrected chi connectivity index (χ4v) is 5.11. The number of hydrogen-bond acceptors (Lipinski definition) is 7. The van der Waals surface area contributed by atoms with Gasteiger partial charge >= 0.3 is 0 Å². The van der Waals surface area contributed by atoms with E-state index in [0.29, 0.717) is 22.7 Å². The lowest BCUT2D eigenvalue weighted by Crippen LogP contribution is -2.52. The molecular weight excluding hydrogens is 462 g/mol. The van der Waals surface area contributed by atoms with E-state index in [2.05, 4.69) is 35.5 Å². The summed E-state index contributed by atoms with van der Waals surface area (Å²) in [5.74, 6) is 0.269. The number of benzene rings is 1. The molecule has 4 heterocycles. The van der Waals surface area contributed by atoms with Gasteiger partial charge in [-0.25, -0.2) is 28.7 Å². The van der Waals surface area contributed by atoms with Crippen LogP contribution < -0.4 is 15.5 Å². The van der Waals surface area contributed by atoms with Gasteiger partial charge in [0.2, 0.25) is 5.95 Å². The molecule has 4 aromatic rings. The summed E-state index contributed by atoms with van der Waals surface area (Å²) in [6, 6.07) is 6.93. The Balaban J connectivity index is 1.27. The quantitative estimate of drug-likeness (QED) is 0.418. The normalized spacial score (nSPS) is 16.8. The molecule has 1 saturated heterocycles. The lowest BCUT2D eigenvalue weighted by Gasteiger charge is -2.35. The molecule has 2 N–H and O–H groups in total. The van der Waals surface area contributed by atoms with Crippen molar-refractivity contribution in [3.63, 3.8) is 0 Å². The van der Waals surface area contributed by atoms with Crippen LogP contribution in [0.4, 0.5) is 26.2 Å². The Hall–Kier alpha value is -3.66. The molecule has 0 bridgehead atoms. The largest absolute Gasteiger partial charge is 0.367 e. The topological polar surface area (TPSA) is 83.8 Å². The van der Waals surface area contributed by atoms with Crippen LogP contribution in [0.5, 0.6) is 0 Å². The smallest absolute Gasteiger partial charge is 0.229 e. The van der Waals surface area contributed by atoms with Crippen LogP contribution >= 0.6 is 0 Å². The maximum absolute atomic E-state index is 14.9. The molecule has 0 amide bonds. The number of anilines is 3. The van der Waals surface area contributed by atoms with Crippen molar-refractivity contribution in [1.29, 1.82) is 0 Å². The minimum atomic E-state index is -0.636. The molecule has 1 aromatic carbocycles. The highest BCUT2D eigenvalue weighted by molar-refractivity contribution is 5.83. The summed E-state index contributed by atoms with van der Waals surface area (Å²) in [7, 11) is 0. The second-order valence-corrected chi connectivity index (χ2v) is 9.99. The summed E-state index contributed by atoms with van der Waals surface area (Å²) < 4.78 is 31.7. The summed E-state index contributed by atoms with van der Waals surface area (Å²) in [6.45, 7) is 8.72. The van der Waals surface area contributed by atoms with Crippen LogP contribution in [0.2, 0.25) is 0 Å². The van der Waals surface area contributed by atoms with Crippen molar-refractivity contribution in [2.45, 2.75) is 45.2 Å². The van der Waals surface area contributed by atoms with E-state index in [-0.39, 0.29) is 28.7 Å². The van der Waals surface area contributed by atoms with E-state index in [0.717, 1.165) is 31.5 Å². The van der Waals surface area contributed by atoms with E-state index in [1.54, 1.807) is 6.07 Å². The molecule has 1 spiro atoms. The van der Waals surface area contributed by atoms with Crippen LogP contribution in [-0.2, 0) is 0 Å². The first-order valence-corrected chi connectivity index (χ1v) is 12.3. The fraction of sp³-hybridized carbons (Fsp3) is 0.385. The molecule has 8 nitrogen and oxygen atoms in total. The zero-order valence-corrected chi connectivity index (χ0v) is 20.5. The number of nitrogens with one attached hydrogen (secondary N) is 2. The van der Waals surface area contributed by atoms with Gasteiger partial charge in [-0.2, -0.15) is 0 Å². The zero-order valence-electron chi connectivity index (χ0n) is 20.5. The van der Waals surface area contributed by atoms with Gasteiger partial charge in [0.05, 0.1) is 23.6 Å². The number of fused-ring (bicyclic) bond motifs is 1. The number of pyridine rings is 1. The van der Waals surface area contributed by atoms with Crippen LogP contribution in [0, 0.1) is 18.6 Å². The second kappa shape index (κ2) is 8.48. The molecule has 186 valence electrons. The van der Waals surface area contributed by atoms with E-state index in [1.165, 1.54) is 18.9 Å². The Bertz CT molecular complexity index is 1440. The summed E-state index contributed by atoms with van der Waals surface area (Å²) in [5.41, 5.74) is 2.54. The number of piperazine rings is 1. The lowest BCUT2D eigenvalue weighted by molar-refractivity contribution is 0.442. The molecule has 1 saturated carbocycles. The molecule has 1 aliphatic heterocycles. The standard InChI is InChI=1S/C26H28F2N8/c1-15(2)36-16(3)32-24-19(27)10-17(11-21(24)36)23-20(28)13-30-25(34-23)33-22-5-4-18(12-29-22)35-9-8-31-26(14-35)6-7-26/h4-5,10-13,15,31H,6-9,14H2,1-3H3,(H,29,30,33,34). The minimum absolute atomic E-state index is 0.00891. The third-order valence-corrected chi connectivity index (χ3v) is 7.04. The first-order valence-electron chi connectivity index (χ1n) is 12.3. The Labute approximate surface area is 207 Å². The zero-order chi connectivity index (χ0) is 25.0. The van der Waals surface area contributed by atoms with Gasteiger partial charge in [-0.3, -0.25) is 0 Å². The highest BCUT2D eigenvalue weighted by Crippen LogP contribution is 2.38. The number of halogens is 2. The van der Waals surface area contributed by atoms with Gasteiger partial charge in [-0.1, -0.05) is 0 Å². The molecular formula is C26H28F2N8. The lowest BCUT2D eigenvalue weighted by atomic mass is 10.1. The van der Waals surface area contributed by atoms with E-state index < -0.39 is 11.6 Å². The molecule has 10 heteroatoms. The number of hydrogen-bond donors (Lipinski definition) is 2. The van der Waals surface area contributed by atoms with Gasteiger partial charge in [-0.05, 0) is 57.9 Å². The van der Waals surface area contributed by atoms with Crippen LogP contribution in [0.15, 0.2) is 36.7 Å². The molecule has 0 atom stereocenters. The van der Waals surface area contributed by atoms with Crippen molar-refractivity contribution in [3.8, 4) is 11.3 Å². The molecule has 0 unspecified atom stereocenters. The highest BCUT2D eigenvalue weighted by Gasteiger charge is 2.45. The summed E-state index contributed by atoms with van der Waals surface area (Å²) in [4.78, 5) is 19.6. The second-order valence-electron chi connectivity index (χ2n) is 9.99. The van der Waals surface area contributed by atoms with Crippen molar-refractivity contribution < 1.29 is 8.78 Å². The van der Waals surface area contributed by atoms with E-state index in [9.17, 15) is 8.78 Å². The van der Waals surface area contributed by atoms with Gasteiger partial charge in [0.15, 0.2) is 11.6 Å². The third-order valence-electron chi connectivity index (χ3n) is 7.04. The summed E-state index contributed by atoms with van der Waals surface area (Å²) >= 11 is 0. The van der Waals surface area contributed by atoms with Gasteiger partial charge in [0.1, 0.15) is 22.9 Å². The van der Waals surface area contributed by atoms with Crippen molar-refractivity contribution in [2.24, 2.45) is 0 Å². The molecule has 2 aliphatic rings. The average molecular weight is 491 g/mol. The SMILES string of the molecule is Cc1nc2c(F)cc(-c3nc(Nc4ccc(N5CCNC6(CC6)C5)cn4)ncc3F)cc2n1C(C)C. The van der Waals surface area contributed by atoms with Crippen LogP contribution in [0.25, 0.3) is 22.3 Å². The Morgan fingerprint density at radius 2 is 1.89 bits per heavy atom. The number of nitrogens with zero attached hydrogens (tertiary/aromatic N) is 6. The first kappa shape index (κ1) is 22.8. The van der Waals surface area contributed by atoms with Gasteiger partial charge in [-0.15, -0.1) is 0 Å². The number of aromatic nitrogens is 5. The number of imidazole rings is 1. The van der Waals surface area contributed by atoms with E-state index >= 15 is 0 Å². The monoisotopic (exact) mass is 490 g/mol. The highest BCUT2D eigenvalue weighted by atomic mass is 19.1. The van der Waals surface area contributed by atoms with E-state index in [1.807, 2.05) is 43.7 Å². The average Bonchev–Trinajstić information content (AvgIpc) is 3.50. The van der Waals surface area contributed by atoms with Gasteiger partial charge in [0, 0.05) is 36.8 Å². The Morgan fingerprint density at radius 3 is 2.61 bits per heavy atom. The van der Waals surface area contributed by atoms with Crippen LogP contribution in [0.3, 0.4) is 0 Å². The van der Waals surface area contributed by atoms with E-state index in [4.69, 9.17) is 0 Å². The Kier molecular flexibility index (Phi) is 5.36. The van der Waals surface area contributed by atoms with Gasteiger partial charge in [0.25, 0.3) is 0 Å². The summed E-state index contributed by atoms with van der Waals surface area (Å²) in [5, 5.41) is 6.65. The summed E-state index contributed by atoms with van der Waals surface area (Å²) in [6.07, 6.45) is 5.35. The molecule has 0 radical (unpaired) electrons. The predicted molar refractivity (Wildman–Crippen MR) is 135 cm³/mol. The fourth-order valence-electron chi connectivity index (χ4n) is 5.11. The molecule has 2 fully saturated rings. The minimum Gasteiger partial charge on any atom is -0.367 e. The number of rotatable bonds is 5. The van der Waals surface area contributed by atoms with Gasteiger partial charge < -0.3 is 20.1 Å². The maximum atomic E-state index is 14.9. The molecule has 3 aromatic heterocycles. The first-order chi connectivity index (χ1) is 17.3. The van der Waals surface area contributed by atoms with Crippen molar-refractivity contribution in [1.82, 2.24) is 29.8 Å². The molecule has 36 heavy (non-hydrogen) atoms. The Morgan fingerprint density at radius 1 is 1.06 bits per heavy atom. The van der Waals surface area contributed by atoms with Crippen molar-refractivity contribution >= 4 is 28.5 Å². The third kappa shape index (κ3) is 4.05. The van der Waals surface area contributed by atoms with Crippen molar-refractivity contribution in [2.75, 3.05) is 29.9 Å². The molecule has 1 aliphatic carbocycles. The number of aryl methyl sites for hydroxylation is 1. The van der Waals surface area contributed by atoms with Crippen LogP contribution in [0.1, 0.15) is 38.6 Å². The molecule has 6 rings (SSSR count). The predicted octanol–water partition coefficient (Wildman–Crippen LogP) is 4.74. The van der Waals surface area contributed by atoms with Crippen molar-refractivity contribution in [3.05, 3.63) is 54.1 Å².